The average molecular weight is 392 g/mol. The molecule has 5 nitrogen and oxygen atoms in total. The van der Waals surface area contributed by atoms with E-state index in [1.54, 1.807) is 31.6 Å². The van der Waals surface area contributed by atoms with Gasteiger partial charge in [0.05, 0.1) is 13.8 Å². The van der Waals surface area contributed by atoms with Crippen LogP contribution in [0.2, 0.25) is 0 Å². The molecule has 1 unspecified atom stereocenters. The number of alkyl halides is 1. The Hall–Kier alpha value is -1.47. The number of fused-ring (bicyclic) bond motifs is 1. The molecule has 2 rings (SSSR count). The molecular formula is C19H34FNO4S. The van der Waals surface area contributed by atoms with E-state index in [-0.39, 0.29) is 23.3 Å². The van der Waals surface area contributed by atoms with Gasteiger partial charge in [0, 0.05) is 28.9 Å². The molecule has 1 aliphatic rings. The third-order valence-electron chi connectivity index (χ3n) is 3.29. The second kappa shape index (κ2) is 13.7. The molecule has 0 amide bonds. The summed E-state index contributed by atoms with van der Waals surface area (Å²) in [5, 5.41) is 12.8. The molecule has 0 radical (unpaired) electrons. The number of hydrogen-bond acceptors (Lipinski definition) is 5. The van der Waals surface area contributed by atoms with Crippen LogP contribution in [0.5, 0.6) is 5.75 Å². The Morgan fingerprint density at radius 2 is 1.85 bits per heavy atom. The molecule has 2 N–H and O–H groups in total. The summed E-state index contributed by atoms with van der Waals surface area (Å²) in [4.78, 5) is 11.8. The summed E-state index contributed by atoms with van der Waals surface area (Å²) < 4.78 is 24.1. The summed E-state index contributed by atoms with van der Waals surface area (Å²) in [6, 6.07) is 4.95. The zero-order valence-electron chi connectivity index (χ0n) is 17.2. The summed E-state index contributed by atoms with van der Waals surface area (Å²) in [5.41, 5.74) is 1.80. The second-order valence-corrected chi connectivity index (χ2v) is 7.34. The third kappa shape index (κ3) is 9.29. The summed E-state index contributed by atoms with van der Waals surface area (Å²) in [6.07, 6.45) is 3.83. The predicted molar refractivity (Wildman–Crippen MR) is 107 cm³/mol. The lowest BCUT2D eigenvalue weighted by Crippen LogP contribution is -2.53. The number of carbonyl (C=O) groups is 1. The molecule has 0 saturated heterocycles. The number of ether oxygens (including phenoxy) is 1. The quantitative estimate of drug-likeness (QED) is 0.757. The highest BCUT2D eigenvalue weighted by Gasteiger charge is 2.36. The van der Waals surface area contributed by atoms with E-state index in [0.29, 0.717) is 20.2 Å². The van der Waals surface area contributed by atoms with Crippen molar-refractivity contribution >= 4 is 16.8 Å². The lowest BCUT2D eigenvalue weighted by molar-refractivity contribution is -0.146. The number of carbonyl (C=O) groups excluding carboxylic acids is 1. The van der Waals surface area contributed by atoms with Crippen molar-refractivity contribution in [3.63, 3.8) is 0 Å². The largest absolute Gasteiger partial charge is 0.508 e. The minimum absolute atomic E-state index is 0.231. The molecule has 26 heavy (non-hydrogen) atoms. The van der Waals surface area contributed by atoms with E-state index in [2.05, 4.69) is 5.32 Å². The van der Waals surface area contributed by atoms with Gasteiger partial charge in [-0.1, -0.05) is 19.9 Å². The molecular weight excluding hydrogens is 357 g/mol. The van der Waals surface area contributed by atoms with Gasteiger partial charge in [-0.3, -0.25) is 18.7 Å². The monoisotopic (exact) mass is 391 g/mol. The molecule has 7 heteroatoms. The summed E-state index contributed by atoms with van der Waals surface area (Å²) in [7, 11) is -0.111. The molecule has 1 aromatic carbocycles. The molecule has 1 heterocycles. The van der Waals surface area contributed by atoms with Crippen molar-refractivity contribution < 1.29 is 23.2 Å². The van der Waals surface area contributed by atoms with Crippen molar-refractivity contribution in [2.45, 2.75) is 52.6 Å². The highest BCUT2D eigenvalue weighted by atomic mass is 32.2. The Kier molecular flexibility index (Phi) is 14.1. The van der Waals surface area contributed by atoms with Crippen molar-refractivity contribution in [1.29, 1.82) is 0 Å². The Labute approximate surface area is 159 Å². The smallest absolute Gasteiger partial charge is 0.323 e. The van der Waals surface area contributed by atoms with Crippen molar-refractivity contribution in [1.82, 2.24) is 5.32 Å². The molecule has 0 fully saturated rings. The second-order valence-electron chi connectivity index (χ2n) is 5.86. The van der Waals surface area contributed by atoms with Gasteiger partial charge in [0.25, 0.3) is 0 Å². The van der Waals surface area contributed by atoms with Crippen LogP contribution in [0, 0.1) is 0 Å². The number of benzene rings is 1. The van der Waals surface area contributed by atoms with Crippen LogP contribution in [0.15, 0.2) is 18.2 Å². The van der Waals surface area contributed by atoms with Gasteiger partial charge >= 0.3 is 5.97 Å². The van der Waals surface area contributed by atoms with Crippen LogP contribution in [0.3, 0.4) is 0 Å². The first kappa shape index (κ1) is 26.8. The Balaban J connectivity index is 0. The Bertz CT molecular complexity index is 560. The topological polar surface area (TPSA) is 75.6 Å². The Morgan fingerprint density at radius 1 is 1.35 bits per heavy atom. The van der Waals surface area contributed by atoms with Crippen LogP contribution in [0.4, 0.5) is 4.39 Å². The number of halogens is 1. The van der Waals surface area contributed by atoms with Gasteiger partial charge in [0.1, 0.15) is 11.8 Å². The number of phenols is 1. The zero-order chi connectivity index (χ0) is 20.9. The summed E-state index contributed by atoms with van der Waals surface area (Å²) in [6.45, 7) is 10.2. The fraction of sp³-hybridized carbons (Fsp3) is 0.632. The highest BCUT2D eigenvalue weighted by molar-refractivity contribution is 7.83. The van der Waals surface area contributed by atoms with Crippen LogP contribution >= 0.6 is 0 Å². The van der Waals surface area contributed by atoms with E-state index in [9.17, 15) is 18.5 Å². The fourth-order valence-electron chi connectivity index (χ4n) is 2.53. The van der Waals surface area contributed by atoms with E-state index < -0.39 is 10.8 Å². The molecule has 152 valence electrons. The first-order valence-corrected chi connectivity index (χ1v) is 10.5. The van der Waals surface area contributed by atoms with Gasteiger partial charge < -0.3 is 9.84 Å². The van der Waals surface area contributed by atoms with E-state index in [1.807, 2.05) is 33.8 Å². The first-order chi connectivity index (χ1) is 12.2. The lowest BCUT2D eigenvalue weighted by Gasteiger charge is -2.38. The number of aromatic hydroxyl groups is 1. The molecule has 0 saturated carbocycles. The number of nitrogens with one attached hydrogen (secondary N) is 1. The third-order valence-corrected chi connectivity index (χ3v) is 3.29. The van der Waals surface area contributed by atoms with Gasteiger partial charge in [0.15, 0.2) is 0 Å². The first-order valence-electron chi connectivity index (χ1n) is 8.57. The standard InChI is InChI=1S/C14H19NO3.C2H6OS.C2H6.CH3F/c1-4-18-13(17)12-8-9-7-10(16)5-6-11(9)14(2,3)15-12;1-4(2)3;2*1-2/h5-7,12,15-16H,4,8H2,1-3H3;1-2H3;1-2H3;1H3. The van der Waals surface area contributed by atoms with Gasteiger partial charge in [0.2, 0.25) is 0 Å². The minimum Gasteiger partial charge on any atom is -0.508 e. The molecule has 0 bridgehead atoms. The molecule has 0 spiro atoms. The average Bonchev–Trinajstić information content (AvgIpc) is 2.57. The number of hydrogen-bond donors (Lipinski definition) is 2. The van der Waals surface area contributed by atoms with E-state index >= 15 is 0 Å². The van der Waals surface area contributed by atoms with Gasteiger partial charge in [-0.15, -0.1) is 0 Å². The zero-order valence-corrected chi connectivity index (χ0v) is 18.0. The highest BCUT2D eigenvalue weighted by Crippen LogP contribution is 2.32. The maximum Gasteiger partial charge on any atom is 0.323 e. The summed E-state index contributed by atoms with van der Waals surface area (Å²) in [5.74, 6) is -0.00590. The van der Waals surface area contributed by atoms with Crippen LogP contribution in [0.1, 0.15) is 45.7 Å². The minimum atomic E-state index is -0.611. The summed E-state index contributed by atoms with van der Waals surface area (Å²) >= 11 is 0. The van der Waals surface area contributed by atoms with Crippen molar-refractivity contribution in [3.05, 3.63) is 29.3 Å². The van der Waals surface area contributed by atoms with Crippen LogP contribution < -0.4 is 5.32 Å². The maximum absolute atomic E-state index is 11.8. The lowest BCUT2D eigenvalue weighted by atomic mass is 9.82. The molecule has 0 aromatic heterocycles. The van der Waals surface area contributed by atoms with E-state index in [1.165, 1.54) is 0 Å². The number of esters is 1. The van der Waals surface area contributed by atoms with Crippen LogP contribution in [-0.4, -0.2) is 47.6 Å². The van der Waals surface area contributed by atoms with Crippen molar-refractivity contribution in [2.24, 2.45) is 0 Å². The van der Waals surface area contributed by atoms with E-state index in [4.69, 9.17) is 4.74 Å². The SMILES string of the molecule is CC.CCOC(=O)C1Cc2cc(O)ccc2C(C)(C)N1.CF.CS(C)=O. The van der Waals surface area contributed by atoms with Crippen LogP contribution in [-0.2, 0) is 32.3 Å². The van der Waals surface area contributed by atoms with E-state index in [0.717, 1.165) is 11.1 Å². The molecule has 0 aliphatic carbocycles. The number of phenolic OH excluding ortho intramolecular Hbond substituents is 1. The molecule has 1 aliphatic heterocycles. The maximum atomic E-state index is 11.8. The molecule has 1 atom stereocenters. The van der Waals surface area contributed by atoms with Crippen molar-refractivity contribution in [3.8, 4) is 5.75 Å². The fourth-order valence-corrected chi connectivity index (χ4v) is 2.53. The van der Waals surface area contributed by atoms with Crippen LogP contribution in [0.25, 0.3) is 0 Å². The molecule has 1 aromatic rings. The normalized spacial score (nSPS) is 16.5. The van der Waals surface area contributed by atoms with Crippen molar-refractivity contribution in [2.75, 3.05) is 26.3 Å². The van der Waals surface area contributed by atoms with Gasteiger partial charge in [-0.2, -0.15) is 0 Å². The predicted octanol–water partition coefficient (Wildman–Crippen LogP) is 3.31. The number of rotatable bonds is 2. The van der Waals surface area contributed by atoms with Gasteiger partial charge in [-0.25, -0.2) is 0 Å². The Morgan fingerprint density at radius 3 is 2.31 bits per heavy atom. The van der Waals surface area contributed by atoms with Gasteiger partial charge in [-0.05, 0) is 50.5 Å².